The fourth-order valence-electron chi connectivity index (χ4n) is 1.71. The van der Waals surface area contributed by atoms with Crippen LogP contribution in [0.1, 0.15) is 12.6 Å². The van der Waals surface area contributed by atoms with Crippen molar-refractivity contribution in [1.82, 2.24) is 10.3 Å². The summed E-state index contributed by atoms with van der Waals surface area (Å²) >= 11 is 5.83. The lowest BCUT2D eigenvalue weighted by Gasteiger charge is -2.08. The van der Waals surface area contributed by atoms with E-state index in [2.05, 4.69) is 10.3 Å². The smallest absolute Gasteiger partial charge is 0.226 e. The number of benzene rings is 1. The van der Waals surface area contributed by atoms with Crippen LogP contribution in [0.25, 0.3) is 11.5 Å². The molecule has 1 aromatic carbocycles. The van der Waals surface area contributed by atoms with E-state index < -0.39 is 0 Å². The SMILES string of the molecule is CC(CN)CNC(=O)Cc1coc(-c2ccc(Cl)cc2)n1. The second-order valence-electron chi connectivity index (χ2n) is 4.97. The Kier molecular flexibility index (Phi) is 5.36. The van der Waals surface area contributed by atoms with Gasteiger partial charge in [-0.25, -0.2) is 4.98 Å². The molecule has 2 rings (SSSR count). The van der Waals surface area contributed by atoms with E-state index in [0.717, 1.165) is 5.56 Å². The van der Waals surface area contributed by atoms with Crippen molar-refractivity contribution in [3.8, 4) is 11.5 Å². The van der Waals surface area contributed by atoms with Gasteiger partial charge in [0.05, 0.1) is 12.1 Å². The molecule has 0 saturated carbocycles. The van der Waals surface area contributed by atoms with Gasteiger partial charge >= 0.3 is 0 Å². The Morgan fingerprint density at radius 2 is 2.14 bits per heavy atom. The highest BCUT2D eigenvalue weighted by molar-refractivity contribution is 6.30. The molecule has 0 aliphatic heterocycles. The predicted molar refractivity (Wildman–Crippen MR) is 81.9 cm³/mol. The van der Waals surface area contributed by atoms with Gasteiger partial charge in [0.2, 0.25) is 11.8 Å². The van der Waals surface area contributed by atoms with Gasteiger partial charge in [-0.1, -0.05) is 18.5 Å². The highest BCUT2D eigenvalue weighted by Crippen LogP contribution is 2.20. The molecule has 0 aliphatic rings. The van der Waals surface area contributed by atoms with Gasteiger partial charge < -0.3 is 15.5 Å². The summed E-state index contributed by atoms with van der Waals surface area (Å²) in [5, 5.41) is 3.47. The van der Waals surface area contributed by atoms with Crippen molar-refractivity contribution in [2.45, 2.75) is 13.3 Å². The number of rotatable bonds is 6. The lowest BCUT2D eigenvalue weighted by Crippen LogP contribution is -2.32. The van der Waals surface area contributed by atoms with E-state index in [0.29, 0.717) is 29.7 Å². The number of hydrogen-bond donors (Lipinski definition) is 2. The van der Waals surface area contributed by atoms with Crippen molar-refractivity contribution in [3.63, 3.8) is 0 Å². The Morgan fingerprint density at radius 1 is 1.43 bits per heavy atom. The third-order valence-corrected chi connectivity index (χ3v) is 3.29. The molecule has 0 bridgehead atoms. The third-order valence-electron chi connectivity index (χ3n) is 3.03. The van der Waals surface area contributed by atoms with E-state index in [-0.39, 0.29) is 18.2 Å². The van der Waals surface area contributed by atoms with E-state index in [1.165, 1.54) is 6.26 Å². The fourth-order valence-corrected chi connectivity index (χ4v) is 1.84. The summed E-state index contributed by atoms with van der Waals surface area (Å²) in [6.45, 7) is 3.09. The van der Waals surface area contributed by atoms with Crippen LogP contribution in [-0.2, 0) is 11.2 Å². The van der Waals surface area contributed by atoms with Crippen molar-refractivity contribution in [2.75, 3.05) is 13.1 Å². The molecule has 21 heavy (non-hydrogen) atoms. The second kappa shape index (κ2) is 7.24. The standard InChI is InChI=1S/C15H18ClN3O2/c1-10(7-17)8-18-14(20)6-13-9-21-15(19-13)11-2-4-12(16)5-3-11/h2-5,9-10H,6-8,17H2,1H3,(H,18,20). The molecule has 1 aromatic heterocycles. The quantitative estimate of drug-likeness (QED) is 0.857. The summed E-state index contributed by atoms with van der Waals surface area (Å²) in [6, 6.07) is 7.17. The van der Waals surface area contributed by atoms with Crippen molar-refractivity contribution in [1.29, 1.82) is 0 Å². The minimum Gasteiger partial charge on any atom is -0.444 e. The van der Waals surface area contributed by atoms with E-state index in [9.17, 15) is 4.79 Å². The van der Waals surface area contributed by atoms with Crippen LogP contribution in [0.15, 0.2) is 34.9 Å². The largest absolute Gasteiger partial charge is 0.444 e. The maximum Gasteiger partial charge on any atom is 0.226 e. The van der Waals surface area contributed by atoms with Gasteiger partial charge in [0.1, 0.15) is 6.26 Å². The summed E-state index contributed by atoms with van der Waals surface area (Å²) in [5.74, 6) is 0.645. The number of nitrogens with one attached hydrogen (secondary N) is 1. The monoisotopic (exact) mass is 307 g/mol. The van der Waals surface area contributed by atoms with Crippen LogP contribution in [0.5, 0.6) is 0 Å². The first-order chi connectivity index (χ1) is 10.1. The van der Waals surface area contributed by atoms with Gasteiger partial charge in [-0.3, -0.25) is 4.79 Å². The second-order valence-corrected chi connectivity index (χ2v) is 5.41. The molecule has 5 nitrogen and oxygen atoms in total. The summed E-state index contributed by atoms with van der Waals surface area (Å²) in [5.41, 5.74) is 6.92. The minimum atomic E-state index is -0.0914. The maximum absolute atomic E-state index is 11.8. The molecule has 1 unspecified atom stereocenters. The molecule has 0 radical (unpaired) electrons. The van der Waals surface area contributed by atoms with Crippen LogP contribution >= 0.6 is 11.6 Å². The number of amides is 1. The van der Waals surface area contributed by atoms with E-state index >= 15 is 0 Å². The van der Waals surface area contributed by atoms with Crippen LogP contribution < -0.4 is 11.1 Å². The molecular weight excluding hydrogens is 290 g/mol. The number of nitrogens with zero attached hydrogens (tertiary/aromatic N) is 1. The number of aromatic nitrogens is 1. The number of halogens is 1. The summed E-state index contributed by atoms with van der Waals surface area (Å²) in [6.07, 6.45) is 1.68. The average Bonchev–Trinajstić information content (AvgIpc) is 2.94. The van der Waals surface area contributed by atoms with Crippen LogP contribution in [0, 0.1) is 5.92 Å². The lowest BCUT2D eigenvalue weighted by atomic mass is 10.2. The Labute approximate surface area is 128 Å². The van der Waals surface area contributed by atoms with Crippen molar-refractivity contribution in [2.24, 2.45) is 11.7 Å². The van der Waals surface area contributed by atoms with Gasteiger partial charge in [0.15, 0.2) is 0 Å². The first kappa shape index (κ1) is 15.5. The molecule has 0 spiro atoms. The molecule has 1 amide bonds. The zero-order valence-corrected chi connectivity index (χ0v) is 12.6. The number of hydrogen-bond acceptors (Lipinski definition) is 4. The topological polar surface area (TPSA) is 81.1 Å². The highest BCUT2D eigenvalue weighted by Gasteiger charge is 2.11. The first-order valence-corrected chi connectivity index (χ1v) is 7.13. The molecule has 0 fully saturated rings. The van der Waals surface area contributed by atoms with Gasteiger partial charge in [0, 0.05) is 17.1 Å². The van der Waals surface area contributed by atoms with Gasteiger partial charge in [-0.15, -0.1) is 0 Å². The Morgan fingerprint density at radius 3 is 2.81 bits per heavy atom. The van der Waals surface area contributed by atoms with Crippen LogP contribution in [0.3, 0.4) is 0 Å². The van der Waals surface area contributed by atoms with Gasteiger partial charge in [-0.05, 0) is 36.7 Å². The van der Waals surface area contributed by atoms with E-state index in [1.54, 1.807) is 12.1 Å². The van der Waals surface area contributed by atoms with Crippen LogP contribution in [0.4, 0.5) is 0 Å². The van der Waals surface area contributed by atoms with E-state index in [4.69, 9.17) is 21.8 Å². The Balaban J connectivity index is 1.94. The molecule has 0 aliphatic carbocycles. The van der Waals surface area contributed by atoms with Crippen LogP contribution in [-0.4, -0.2) is 24.0 Å². The number of carbonyl (C=O) groups excluding carboxylic acids is 1. The summed E-state index contributed by atoms with van der Waals surface area (Å²) in [4.78, 5) is 16.1. The van der Waals surface area contributed by atoms with Gasteiger partial charge in [-0.2, -0.15) is 0 Å². The lowest BCUT2D eigenvalue weighted by molar-refractivity contribution is -0.120. The van der Waals surface area contributed by atoms with E-state index in [1.807, 2.05) is 19.1 Å². The predicted octanol–water partition coefficient (Wildman–Crippen LogP) is 2.25. The van der Waals surface area contributed by atoms with Crippen molar-refractivity contribution in [3.05, 3.63) is 41.2 Å². The maximum atomic E-state index is 11.8. The molecule has 1 heterocycles. The fraction of sp³-hybridized carbons (Fsp3) is 0.333. The normalized spacial score (nSPS) is 12.1. The molecular formula is C15H18ClN3O2. The van der Waals surface area contributed by atoms with Crippen LogP contribution in [0.2, 0.25) is 5.02 Å². The molecule has 1 atom stereocenters. The first-order valence-electron chi connectivity index (χ1n) is 6.75. The Bertz CT molecular complexity index is 595. The molecule has 6 heteroatoms. The molecule has 112 valence electrons. The molecule has 2 aromatic rings. The molecule has 0 saturated heterocycles. The zero-order chi connectivity index (χ0) is 15.2. The zero-order valence-electron chi connectivity index (χ0n) is 11.8. The summed E-state index contributed by atoms with van der Waals surface area (Å²) < 4.78 is 5.38. The minimum absolute atomic E-state index is 0.0914. The van der Waals surface area contributed by atoms with Crippen molar-refractivity contribution < 1.29 is 9.21 Å². The number of carbonyl (C=O) groups is 1. The van der Waals surface area contributed by atoms with Gasteiger partial charge in [0.25, 0.3) is 0 Å². The summed E-state index contributed by atoms with van der Waals surface area (Å²) in [7, 11) is 0. The average molecular weight is 308 g/mol. The number of nitrogens with two attached hydrogens (primary N) is 1. The van der Waals surface area contributed by atoms with Crippen molar-refractivity contribution >= 4 is 17.5 Å². The number of oxazole rings is 1. The highest BCUT2D eigenvalue weighted by atomic mass is 35.5. The molecule has 3 N–H and O–H groups in total. The Hall–Kier alpha value is -1.85. The third kappa shape index (κ3) is 4.58.